The summed E-state index contributed by atoms with van der Waals surface area (Å²) in [5.41, 5.74) is -0.544. The highest BCUT2D eigenvalue weighted by Gasteiger charge is 2.37. The average Bonchev–Trinajstić information content (AvgIpc) is 2.44. The number of amides is 1. The van der Waals surface area contributed by atoms with Gasteiger partial charge in [-0.25, -0.2) is 0 Å². The minimum absolute atomic E-state index is 0.0500. The van der Waals surface area contributed by atoms with Crippen LogP contribution < -0.4 is 5.32 Å². The molecule has 1 atom stereocenters. The summed E-state index contributed by atoms with van der Waals surface area (Å²) in [5, 5.41) is 12.2. The van der Waals surface area contributed by atoms with E-state index in [-0.39, 0.29) is 12.3 Å². The summed E-state index contributed by atoms with van der Waals surface area (Å²) in [7, 11) is 0. The van der Waals surface area contributed by atoms with Crippen molar-refractivity contribution in [1.29, 1.82) is 0 Å². The van der Waals surface area contributed by atoms with E-state index in [1.54, 1.807) is 43.0 Å². The quantitative estimate of drug-likeness (QED) is 0.722. The molecular weight excluding hydrogens is 274 g/mol. The van der Waals surface area contributed by atoms with Crippen molar-refractivity contribution in [1.82, 2.24) is 5.32 Å². The van der Waals surface area contributed by atoms with E-state index in [1.807, 2.05) is 12.3 Å². The van der Waals surface area contributed by atoms with Crippen LogP contribution in [-0.4, -0.2) is 35.5 Å². The van der Waals surface area contributed by atoms with Gasteiger partial charge >= 0.3 is 5.97 Å². The van der Waals surface area contributed by atoms with Gasteiger partial charge in [0.2, 0.25) is 5.91 Å². The molecule has 0 aliphatic carbocycles. The van der Waals surface area contributed by atoms with Gasteiger partial charge in [-0.2, -0.15) is 11.8 Å². The summed E-state index contributed by atoms with van der Waals surface area (Å²) >= 11 is 1.72. The van der Waals surface area contributed by atoms with E-state index >= 15 is 0 Å². The van der Waals surface area contributed by atoms with Gasteiger partial charge < -0.3 is 10.4 Å². The van der Waals surface area contributed by atoms with Gasteiger partial charge in [-0.3, -0.25) is 9.59 Å². The highest BCUT2D eigenvalue weighted by molar-refractivity contribution is 7.98. The lowest BCUT2D eigenvalue weighted by Crippen LogP contribution is -2.39. The maximum absolute atomic E-state index is 11.9. The minimum Gasteiger partial charge on any atom is -0.481 e. The zero-order valence-corrected chi connectivity index (χ0v) is 12.7. The minimum atomic E-state index is -1.19. The van der Waals surface area contributed by atoms with E-state index in [9.17, 15) is 14.7 Å². The molecule has 0 fully saturated rings. The van der Waals surface area contributed by atoms with E-state index < -0.39 is 11.4 Å². The van der Waals surface area contributed by atoms with Crippen LogP contribution >= 0.6 is 11.8 Å². The molecule has 110 valence electrons. The highest BCUT2D eigenvalue weighted by Crippen LogP contribution is 2.27. The van der Waals surface area contributed by atoms with E-state index in [4.69, 9.17) is 0 Å². The molecule has 1 unspecified atom stereocenters. The third-order valence-electron chi connectivity index (χ3n) is 3.24. The number of aliphatic carboxylic acids is 1. The SMILES string of the molecule is CSCCCNC(=O)CC(C)(C(=O)O)c1ccccc1. The summed E-state index contributed by atoms with van der Waals surface area (Å²) < 4.78 is 0. The molecule has 0 heterocycles. The van der Waals surface area contributed by atoms with E-state index in [2.05, 4.69) is 5.32 Å². The van der Waals surface area contributed by atoms with Crippen molar-refractivity contribution >= 4 is 23.6 Å². The molecule has 0 saturated carbocycles. The Kier molecular flexibility index (Phi) is 6.58. The Morgan fingerprint density at radius 3 is 2.50 bits per heavy atom. The van der Waals surface area contributed by atoms with Crippen molar-refractivity contribution in [2.75, 3.05) is 18.6 Å². The van der Waals surface area contributed by atoms with Crippen molar-refractivity contribution in [2.24, 2.45) is 0 Å². The Bertz CT molecular complexity index is 450. The molecule has 1 rings (SSSR count). The van der Waals surface area contributed by atoms with Gasteiger partial charge in [0.15, 0.2) is 0 Å². The zero-order chi connectivity index (χ0) is 15.0. The van der Waals surface area contributed by atoms with Crippen LogP contribution in [0.15, 0.2) is 30.3 Å². The molecule has 0 bridgehead atoms. The van der Waals surface area contributed by atoms with Crippen LogP contribution in [0, 0.1) is 0 Å². The Morgan fingerprint density at radius 2 is 1.95 bits per heavy atom. The standard InChI is InChI=1S/C15H21NO3S/c1-15(14(18)19,12-7-4-3-5-8-12)11-13(17)16-9-6-10-20-2/h3-5,7-8H,6,9-11H2,1-2H3,(H,16,17)(H,18,19). The van der Waals surface area contributed by atoms with E-state index in [1.165, 1.54) is 0 Å². The largest absolute Gasteiger partial charge is 0.481 e. The van der Waals surface area contributed by atoms with Gasteiger partial charge in [-0.15, -0.1) is 0 Å². The van der Waals surface area contributed by atoms with Crippen molar-refractivity contribution in [3.8, 4) is 0 Å². The van der Waals surface area contributed by atoms with Crippen molar-refractivity contribution in [2.45, 2.75) is 25.2 Å². The number of carbonyl (C=O) groups is 2. The predicted octanol–water partition coefficient (Wildman–Crippen LogP) is 2.29. The van der Waals surface area contributed by atoms with E-state index in [0.29, 0.717) is 12.1 Å². The Morgan fingerprint density at radius 1 is 1.30 bits per heavy atom. The van der Waals surface area contributed by atoms with E-state index in [0.717, 1.165) is 12.2 Å². The summed E-state index contributed by atoms with van der Waals surface area (Å²) in [6.45, 7) is 2.18. The average molecular weight is 295 g/mol. The second kappa shape index (κ2) is 7.94. The van der Waals surface area contributed by atoms with Crippen LogP contribution in [-0.2, 0) is 15.0 Å². The number of carbonyl (C=O) groups excluding carboxylic acids is 1. The van der Waals surface area contributed by atoms with Crippen LogP contribution in [0.3, 0.4) is 0 Å². The van der Waals surface area contributed by atoms with Gasteiger partial charge in [0.1, 0.15) is 0 Å². The second-order valence-corrected chi connectivity index (χ2v) is 5.86. The van der Waals surface area contributed by atoms with Gasteiger partial charge in [0.05, 0.1) is 5.41 Å². The number of carboxylic acid groups (broad SMARTS) is 1. The zero-order valence-electron chi connectivity index (χ0n) is 11.9. The molecule has 0 aliphatic rings. The van der Waals surface area contributed by atoms with Crippen LogP contribution in [0.4, 0.5) is 0 Å². The van der Waals surface area contributed by atoms with Crippen molar-refractivity contribution in [3.63, 3.8) is 0 Å². The van der Waals surface area contributed by atoms with Gasteiger partial charge in [0, 0.05) is 13.0 Å². The van der Waals surface area contributed by atoms with Crippen molar-refractivity contribution < 1.29 is 14.7 Å². The normalized spacial score (nSPS) is 13.5. The molecule has 0 aromatic heterocycles. The van der Waals surface area contributed by atoms with Crippen LogP contribution in [0.1, 0.15) is 25.3 Å². The summed E-state index contributed by atoms with van der Waals surface area (Å²) in [4.78, 5) is 23.5. The second-order valence-electron chi connectivity index (χ2n) is 4.88. The summed E-state index contributed by atoms with van der Waals surface area (Å²) in [6, 6.07) is 8.89. The molecule has 1 aromatic carbocycles. The lowest BCUT2D eigenvalue weighted by Gasteiger charge is -2.24. The first kappa shape index (κ1) is 16.6. The molecule has 2 N–H and O–H groups in total. The molecule has 0 saturated heterocycles. The Balaban J connectivity index is 2.68. The monoisotopic (exact) mass is 295 g/mol. The number of hydrogen-bond acceptors (Lipinski definition) is 3. The summed E-state index contributed by atoms with van der Waals surface area (Å²) in [5.74, 6) is -0.224. The molecule has 20 heavy (non-hydrogen) atoms. The number of benzene rings is 1. The summed E-state index contributed by atoms with van der Waals surface area (Å²) in [6.07, 6.45) is 2.85. The Labute approximate surface area is 124 Å². The number of hydrogen-bond donors (Lipinski definition) is 2. The molecule has 1 amide bonds. The van der Waals surface area contributed by atoms with Gasteiger partial charge in [0.25, 0.3) is 0 Å². The first-order chi connectivity index (χ1) is 9.50. The fourth-order valence-electron chi connectivity index (χ4n) is 1.94. The van der Waals surface area contributed by atoms with Crippen LogP contribution in [0.25, 0.3) is 0 Å². The molecule has 0 aliphatic heterocycles. The van der Waals surface area contributed by atoms with Gasteiger partial charge in [-0.1, -0.05) is 30.3 Å². The number of nitrogens with one attached hydrogen (secondary N) is 1. The first-order valence-corrected chi connectivity index (χ1v) is 7.94. The van der Waals surface area contributed by atoms with Crippen LogP contribution in [0.5, 0.6) is 0 Å². The lowest BCUT2D eigenvalue weighted by atomic mass is 9.79. The molecular formula is C15H21NO3S. The van der Waals surface area contributed by atoms with Gasteiger partial charge in [-0.05, 0) is 30.9 Å². The molecule has 5 heteroatoms. The Hall–Kier alpha value is -1.49. The molecule has 4 nitrogen and oxygen atoms in total. The lowest BCUT2D eigenvalue weighted by molar-refractivity contribution is -0.145. The maximum atomic E-state index is 11.9. The van der Waals surface area contributed by atoms with Crippen molar-refractivity contribution in [3.05, 3.63) is 35.9 Å². The first-order valence-electron chi connectivity index (χ1n) is 6.55. The number of rotatable bonds is 8. The molecule has 0 radical (unpaired) electrons. The smallest absolute Gasteiger partial charge is 0.314 e. The maximum Gasteiger partial charge on any atom is 0.314 e. The topological polar surface area (TPSA) is 66.4 Å². The highest BCUT2D eigenvalue weighted by atomic mass is 32.2. The fourth-order valence-corrected chi connectivity index (χ4v) is 2.37. The number of thioether (sulfide) groups is 1. The fraction of sp³-hybridized carbons (Fsp3) is 0.467. The predicted molar refractivity (Wildman–Crippen MR) is 82.1 cm³/mol. The molecule has 1 aromatic rings. The third kappa shape index (κ3) is 4.56. The third-order valence-corrected chi connectivity index (χ3v) is 3.94. The number of carboxylic acids is 1. The molecule has 0 spiro atoms. The van der Waals surface area contributed by atoms with Crippen LogP contribution in [0.2, 0.25) is 0 Å².